The van der Waals surface area contributed by atoms with Crippen molar-refractivity contribution in [2.45, 2.75) is 71.1 Å². The van der Waals surface area contributed by atoms with Gasteiger partial charge in [-0.15, -0.1) is 0 Å². The number of benzene rings is 2. The van der Waals surface area contributed by atoms with E-state index in [4.69, 9.17) is 9.90 Å². The second kappa shape index (κ2) is 18.1. The van der Waals surface area contributed by atoms with Crippen molar-refractivity contribution in [1.29, 1.82) is 0 Å². The van der Waals surface area contributed by atoms with Crippen LogP contribution in [0, 0.1) is 18.6 Å². The van der Waals surface area contributed by atoms with E-state index >= 15 is 0 Å². The Balaban J connectivity index is 0.00000197. The van der Waals surface area contributed by atoms with Gasteiger partial charge >= 0.3 is 12.3 Å². The van der Waals surface area contributed by atoms with Crippen LogP contribution in [-0.4, -0.2) is 100 Å². The first-order valence-corrected chi connectivity index (χ1v) is 15.5. The van der Waals surface area contributed by atoms with Crippen molar-refractivity contribution < 1.29 is 56.1 Å². The van der Waals surface area contributed by atoms with Crippen LogP contribution in [0.3, 0.4) is 0 Å². The zero-order chi connectivity index (χ0) is 37.1. The molecule has 0 aromatic heterocycles. The highest BCUT2D eigenvalue weighted by Crippen LogP contribution is 2.34. The third-order valence-electron chi connectivity index (χ3n) is 7.71. The fourth-order valence-electron chi connectivity index (χ4n) is 5.32. The lowest BCUT2D eigenvalue weighted by molar-refractivity contribution is -0.142. The lowest BCUT2D eigenvalue weighted by Gasteiger charge is -2.31. The molecule has 0 aliphatic carbocycles. The number of nitrogens with zero attached hydrogens (tertiary/aromatic N) is 3. The molecule has 1 aliphatic heterocycles. The molecule has 3 N–H and O–H groups in total. The molecule has 0 spiro atoms. The van der Waals surface area contributed by atoms with Crippen LogP contribution in [-0.2, 0) is 38.2 Å². The maximum absolute atomic E-state index is 14.1. The molecule has 3 rings (SSSR count). The number of hydrogen-bond donors (Lipinski definition) is 3. The second-order valence-electron chi connectivity index (χ2n) is 11.6. The maximum Gasteiger partial charge on any atom is 0.422 e. The fourth-order valence-corrected chi connectivity index (χ4v) is 5.32. The maximum atomic E-state index is 14.1. The smallest absolute Gasteiger partial charge is 0.422 e. The number of likely N-dealkylation sites (tertiary alicyclic amines) is 1. The Bertz CT molecular complexity index is 1450. The van der Waals surface area contributed by atoms with Gasteiger partial charge in [-0.05, 0) is 62.8 Å². The van der Waals surface area contributed by atoms with Crippen LogP contribution >= 0.6 is 0 Å². The number of likely N-dealkylation sites (N-methyl/N-ethyl adjacent to an activating group) is 2. The zero-order valence-corrected chi connectivity index (χ0v) is 27.6. The van der Waals surface area contributed by atoms with Gasteiger partial charge in [0, 0.05) is 40.0 Å². The average molecular weight is 701 g/mol. The zero-order valence-electron chi connectivity index (χ0n) is 27.6. The number of hydrogen-bond acceptors (Lipinski definition) is 5. The van der Waals surface area contributed by atoms with Crippen LogP contribution in [0.4, 0.5) is 26.7 Å². The molecule has 1 aliphatic rings. The van der Waals surface area contributed by atoms with Crippen LogP contribution in [0.5, 0.6) is 0 Å². The quantitative estimate of drug-likeness (QED) is 0.277. The largest absolute Gasteiger partial charge is 0.481 e. The summed E-state index contributed by atoms with van der Waals surface area (Å²) < 4.78 is 67.2. The molecule has 1 heterocycles. The average Bonchev–Trinajstić information content (AvgIpc) is 3.53. The Morgan fingerprint density at radius 3 is 1.96 bits per heavy atom. The molecule has 0 unspecified atom stereocenters. The van der Waals surface area contributed by atoms with Gasteiger partial charge in [0.05, 0.1) is 6.54 Å². The van der Waals surface area contributed by atoms with Crippen LogP contribution in [0.1, 0.15) is 55.4 Å². The molecular formula is C33H41F5N4O7. The number of aryl methyl sites for hydroxylation is 2. The van der Waals surface area contributed by atoms with Gasteiger partial charge in [-0.3, -0.25) is 24.1 Å². The number of halogens is 5. The number of amides is 4. The molecule has 270 valence electrons. The normalized spacial score (nSPS) is 13.9. The van der Waals surface area contributed by atoms with Gasteiger partial charge in [0.15, 0.2) is 0 Å². The van der Waals surface area contributed by atoms with Gasteiger partial charge < -0.3 is 25.3 Å². The molecule has 0 saturated carbocycles. The summed E-state index contributed by atoms with van der Waals surface area (Å²) in [6.45, 7) is 4.88. The number of carboxylic acid groups (broad SMARTS) is 2. The van der Waals surface area contributed by atoms with Crippen molar-refractivity contribution in [2.75, 3.05) is 33.2 Å². The first-order valence-electron chi connectivity index (χ1n) is 15.5. The molecule has 2 aromatic carbocycles. The summed E-state index contributed by atoms with van der Waals surface area (Å²) in [5.41, 5.74) is -0.454. The van der Waals surface area contributed by atoms with Gasteiger partial charge in [0.1, 0.15) is 29.3 Å². The molecule has 4 amide bonds. The summed E-state index contributed by atoms with van der Waals surface area (Å²) in [7, 11) is 1.32. The van der Waals surface area contributed by atoms with Crippen molar-refractivity contribution in [3.05, 3.63) is 70.3 Å². The van der Waals surface area contributed by atoms with Crippen molar-refractivity contribution in [3.63, 3.8) is 0 Å². The summed E-state index contributed by atoms with van der Waals surface area (Å²) in [6, 6.07) is 5.98. The monoisotopic (exact) mass is 700 g/mol. The molecule has 49 heavy (non-hydrogen) atoms. The molecular weight excluding hydrogens is 659 g/mol. The summed E-state index contributed by atoms with van der Waals surface area (Å²) in [5, 5.41) is 19.7. The number of carbonyl (C=O) groups excluding carboxylic acids is 3. The minimum Gasteiger partial charge on any atom is -0.481 e. The predicted molar refractivity (Wildman–Crippen MR) is 167 cm³/mol. The Morgan fingerprint density at radius 2 is 1.49 bits per heavy atom. The van der Waals surface area contributed by atoms with Crippen LogP contribution in [0.25, 0.3) is 0 Å². The van der Waals surface area contributed by atoms with Gasteiger partial charge in [0.25, 0.3) is 5.97 Å². The van der Waals surface area contributed by atoms with E-state index < -0.39 is 71.8 Å². The predicted octanol–water partition coefficient (Wildman–Crippen LogP) is 4.49. The summed E-state index contributed by atoms with van der Waals surface area (Å²) >= 11 is 0. The minimum absolute atomic E-state index is 0.00911. The molecule has 2 aromatic rings. The molecule has 0 radical (unpaired) electrons. The second-order valence-corrected chi connectivity index (χ2v) is 11.6. The highest BCUT2D eigenvalue weighted by molar-refractivity contribution is 5.92. The SMILES string of the molecule is CC(=O)O.CCN(C(=O)O)[C@@H](Cc1ccc(C)cc1)C(=O)N(C)CC(=O)N[C@@H](CCc1cc(F)c(C(F)(F)F)c(F)c1)C(=O)N1CCCC1. The van der Waals surface area contributed by atoms with E-state index in [1.54, 1.807) is 19.1 Å². The number of rotatable bonds is 12. The molecule has 2 atom stereocenters. The van der Waals surface area contributed by atoms with E-state index in [1.165, 1.54) is 11.9 Å². The third kappa shape index (κ3) is 12.3. The van der Waals surface area contributed by atoms with E-state index in [-0.39, 0.29) is 31.4 Å². The van der Waals surface area contributed by atoms with Gasteiger partial charge in [-0.1, -0.05) is 29.8 Å². The van der Waals surface area contributed by atoms with Crippen molar-refractivity contribution in [2.24, 2.45) is 0 Å². The Hall–Kier alpha value is -4.76. The Kier molecular flexibility index (Phi) is 15.0. The van der Waals surface area contributed by atoms with Crippen LogP contribution in [0.15, 0.2) is 36.4 Å². The summed E-state index contributed by atoms with van der Waals surface area (Å²) in [5.74, 6) is -6.27. The lowest BCUT2D eigenvalue weighted by atomic mass is 10.0. The van der Waals surface area contributed by atoms with E-state index in [1.807, 2.05) is 19.1 Å². The highest BCUT2D eigenvalue weighted by Gasteiger charge is 2.38. The number of nitrogens with one attached hydrogen (secondary N) is 1. The van der Waals surface area contributed by atoms with Crippen molar-refractivity contribution in [3.8, 4) is 0 Å². The number of aliphatic carboxylic acids is 1. The van der Waals surface area contributed by atoms with E-state index in [2.05, 4.69) is 5.32 Å². The Morgan fingerprint density at radius 1 is 0.959 bits per heavy atom. The molecule has 0 bridgehead atoms. The molecule has 1 fully saturated rings. The standard InChI is InChI=1S/C31H37F5N4O5.C2H4O2/c1-4-40(30(44)45)25(17-20-9-7-19(2)8-10-20)29(43)38(3)18-26(41)37-24(28(42)39-13-5-6-14-39)12-11-21-15-22(32)27(23(33)16-21)31(34,35)36;1-2(3)4/h7-10,15-16,24-25H,4-6,11-14,17-18H2,1-3H3,(H,37,41)(H,44,45);1H3,(H,3,4)/t24-,25-;/m0./s1. The molecule has 11 nitrogen and oxygen atoms in total. The van der Waals surface area contributed by atoms with E-state index in [9.17, 15) is 46.2 Å². The number of carboxylic acids is 1. The third-order valence-corrected chi connectivity index (χ3v) is 7.71. The summed E-state index contributed by atoms with van der Waals surface area (Å²) in [6.07, 6.45) is -5.42. The van der Waals surface area contributed by atoms with E-state index in [0.717, 1.165) is 35.1 Å². The highest BCUT2D eigenvalue weighted by atomic mass is 19.4. The van der Waals surface area contributed by atoms with Crippen LogP contribution < -0.4 is 5.32 Å². The summed E-state index contributed by atoms with van der Waals surface area (Å²) in [4.78, 5) is 64.3. The van der Waals surface area contributed by atoms with Crippen LogP contribution in [0.2, 0.25) is 0 Å². The first kappa shape index (κ1) is 40.4. The van der Waals surface area contributed by atoms with Gasteiger partial charge in [-0.25, -0.2) is 13.6 Å². The minimum atomic E-state index is -5.23. The Labute approximate surface area is 280 Å². The van der Waals surface area contributed by atoms with Crippen molar-refractivity contribution >= 4 is 29.8 Å². The number of carbonyl (C=O) groups is 5. The van der Waals surface area contributed by atoms with Gasteiger partial charge in [0.2, 0.25) is 17.7 Å². The van der Waals surface area contributed by atoms with Crippen molar-refractivity contribution in [1.82, 2.24) is 20.0 Å². The topological polar surface area (TPSA) is 148 Å². The fraction of sp³-hybridized carbons (Fsp3) is 0.485. The lowest BCUT2D eigenvalue weighted by Crippen LogP contribution is -2.54. The molecule has 1 saturated heterocycles. The molecule has 16 heteroatoms. The van der Waals surface area contributed by atoms with E-state index in [0.29, 0.717) is 30.8 Å². The first-order chi connectivity index (χ1) is 22.8. The van der Waals surface area contributed by atoms with Gasteiger partial charge in [-0.2, -0.15) is 13.2 Å². The number of alkyl halides is 3.